The highest BCUT2D eigenvalue weighted by molar-refractivity contribution is 7.10. The highest BCUT2D eigenvalue weighted by atomic mass is 32.1. The molecule has 1 atom stereocenters. The summed E-state index contributed by atoms with van der Waals surface area (Å²) in [7, 11) is 1.72. The number of anilines is 2. The van der Waals surface area contributed by atoms with Crippen LogP contribution in [0, 0.1) is 6.92 Å². The summed E-state index contributed by atoms with van der Waals surface area (Å²) in [6, 6.07) is 6.11. The molecular formula is C21H23N7OS. The number of furan rings is 1. The first-order valence-corrected chi connectivity index (χ1v) is 10.8. The largest absolute Gasteiger partial charge is 0.463 e. The Hall–Kier alpha value is -3.04. The van der Waals surface area contributed by atoms with E-state index in [0.717, 1.165) is 64.9 Å². The molecule has 4 aromatic rings. The summed E-state index contributed by atoms with van der Waals surface area (Å²) in [4.78, 5) is 9.06. The average Bonchev–Trinajstić information content (AvgIpc) is 3.49. The lowest BCUT2D eigenvalue weighted by Crippen LogP contribution is -2.29. The molecule has 0 aliphatic carbocycles. The minimum absolute atomic E-state index is 0.377. The molecule has 5 rings (SSSR count). The number of piperidine rings is 1. The predicted octanol–water partition coefficient (Wildman–Crippen LogP) is 4.01. The monoisotopic (exact) mass is 421 g/mol. The van der Waals surface area contributed by atoms with E-state index in [1.807, 2.05) is 29.8 Å². The first-order chi connectivity index (χ1) is 14.7. The molecule has 0 aromatic carbocycles. The van der Waals surface area contributed by atoms with Crippen molar-refractivity contribution in [2.75, 3.05) is 25.5 Å². The standard InChI is InChI=1S/C21H23N7OS/c1-13-6-20(30-27-13)26-19-8-18(14-4-3-5-23-9-14)25-21-17(11-24-28(19)21)15-7-16(10-22-2)29-12-15/h6-8,10-12,14,23,26H,3-5,9H2,1-2H3/b22-10-. The van der Waals surface area contributed by atoms with Crippen molar-refractivity contribution >= 4 is 34.2 Å². The van der Waals surface area contributed by atoms with Gasteiger partial charge in [-0.25, -0.2) is 4.98 Å². The Balaban J connectivity index is 1.62. The topological polar surface area (TPSA) is 92.6 Å². The molecule has 1 aliphatic heterocycles. The molecule has 0 saturated carbocycles. The summed E-state index contributed by atoms with van der Waals surface area (Å²) in [5.74, 6) is 1.97. The van der Waals surface area contributed by atoms with Crippen molar-refractivity contribution in [3.8, 4) is 11.1 Å². The van der Waals surface area contributed by atoms with Gasteiger partial charge in [0.15, 0.2) is 5.65 Å². The third kappa shape index (κ3) is 3.61. The summed E-state index contributed by atoms with van der Waals surface area (Å²) in [6.07, 6.45) is 7.54. The van der Waals surface area contributed by atoms with Crippen molar-refractivity contribution in [1.29, 1.82) is 0 Å². The molecule has 8 nitrogen and oxygen atoms in total. The van der Waals surface area contributed by atoms with E-state index in [4.69, 9.17) is 9.40 Å². The molecule has 1 unspecified atom stereocenters. The lowest BCUT2D eigenvalue weighted by molar-refractivity contribution is 0.455. The van der Waals surface area contributed by atoms with Gasteiger partial charge in [-0.05, 0) is 50.0 Å². The second kappa shape index (κ2) is 8.00. The van der Waals surface area contributed by atoms with Gasteiger partial charge in [-0.15, -0.1) is 0 Å². The fourth-order valence-electron chi connectivity index (χ4n) is 3.83. The number of rotatable bonds is 5. The van der Waals surface area contributed by atoms with Crippen molar-refractivity contribution in [2.45, 2.75) is 25.7 Å². The molecule has 0 amide bonds. The Labute approximate surface area is 178 Å². The minimum Gasteiger partial charge on any atom is -0.463 e. The number of hydrogen-bond donors (Lipinski definition) is 2. The molecule has 5 heterocycles. The van der Waals surface area contributed by atoms with Crippen LogP contribution in [0.2, 0.25) is 0 Å². The van der Waals surface area contributed by atoms with Crippen molar-refractivity contribution in [1.82, 2.24) is 24.3 Å². The van der Waals surface area contributed by atoms with E-state index < -0.39 is 0 Å². The minimum atomic E-state index is 0.377. The Morgan fingerprint density at radius 3 is 3.07 bits per heavy atom. The van der Waals surface area contributed by atoms with E-state index in [2.05, 4.69) is 31.2 Å². The molecule has 1 fully saturated rings. The molecule has 154 valence electrons. The lowest BCUT2D eigenvalue weighted by atomic mass is 9.96. The SMILES string of the molecule is C/N=C\c1cc(-c2cnn3c(Nc4cc(C)ns4)cc(C4CCCNC4)nc23)co1. The predicted molar refractivity (Wildman–Crippen MR) is 119 cm³/mol. The smallest absolute Gasteiger partial charge is 0.165 e. The van der Waals surface area contributed by atoms with Crippen LogP contribution in [0.1, 0.15) is 35.9 Å². The van der Waals surface area contributed by atoms with Crippen LogP contribution in [-0.2, 0) is 0 Å². The number of nitrogens with zero attached hydrogens (tertiary/aromatic N) is 5. The average molecular weight is 422 g/mol. The maximum absolute atomic E-state index is 5.61. The van der Waals surface area contributed by atoms with E-state index in [9.17, 15) is 0 Å². The van der Waals surface area contributed by atoms with Crippen molar-refractivity contribution in [3.63, 3.8) is 0 Å². The van der Waals surface area contributed by atoms with Crippen LogP contribution in [0.25, 0.3) is 16.8 Å². The summed E-state index contributed by atoms with van der Waals surface area (Å²) in [6.45, 7) is 4.00. The molecule has 30 heavy (non-hydrogen) atoms. The quantitative estimate of drug-likeness (QED) is 0.473. The van der Waals surface area contributed by atoms with Gasteiger partial charge in [0.25, 0.3) is 0 Å². The fraction of sp³-hybridized carbons (Fsp3) is 0.333. The van der Waals surface area contributed by atoms with Gasteiger partial charge in [0.1, 0.15) is 16.6 Å². The van der Waals surface area contributed by atoms with Crippen LogP contribution in [0.4, 0.5) is 10.8 Å². The highest BCUT2D eigenvalue weighted by Gasteiger charge is 2.21. The molecule has 0 radical (unpaired) electrons. The van der Waals surface area contributed by atoms with Crippen LogP contribution >= 0.6 is 11.5 Å². The third-order valence-corrected chi connectivity index (χ3v) is 6.07. The molecular weight excluding hydrogens is 398 g/mol. The van der Waals surface area contributed by atoms with Crippen LogP contribution in [0.15, 0.2) is 40.1 Å². The van der Waals surface area contributed by atoms with Gasteiger partial charge in [-0.2, -0.15) is 14.0 Å². The molecule has 0 bridgehead atoms. The van der Waals surface area contributed by atoms with E-state index in [0.29, 0.717) is 11.7 Å². The Morgan fingerprint density at radius 1 is 1.37 bits per heavy atom. The lowest BCUT2D eigenvalue weighted by Gasteiger charge is -2.23. The second-order valence-corrected chi connectivity index (χ2v) is 8.29. The number of aliphatic imine (C=N–C) groups is 1. The van der Waals surface area contributed by atoms with Gasteiger partial charge in [0, 0.05) is 36.7 Å². The van der Waals surface area contributed by atoms with Gasteiger partial charge >= 0.3 is 0 Å². The van der Waals surface area contributed by atoms with Gasteiger partial charge in [-0.1, -0.05) is 0 Å². The zero-order valence-corrected chi connectivity index (χ0v) is 17.7. The maximum atomic E-state index is 5.61. The second-order valence-electron chi connectivity index (χ2n) is 7.49. The van der Waals surface area contributed by atoms with Crippen LogP contribution < -0.4 is 10.6 Å². The van der Waals surface area contributed by atoms with Crippen molar-refractivity contribution < 1.29 is 4.42 Å². The highest BCUT2D eigenvalue weighted by Crippen LogP contribution is 2.32. The molecule has 9 heteroatoms. The van der Waals surface area contributed by atoms with E-state index in [1.165, 1.54) is 11.5 Å². The summed E-state index contributed by atoms with van der Waals surface area (Å²) < 4.78 is 11.8. The number of aromatic nitrogens is 4. The van der Waals surface area contributed by atoms with Crippen LogP contribution in [-0.4, -0.2) is 45.3 Å². The molecule has 0 spiro atoms. The number of hydrogen-bond acceptors (Lipinski definition) is 8. The van der Waals surface area contributed by atoms with Gasteiger partial charge in [0.05, 0.1) is 30.1 Å². The third-order valence-electron chi connectivity index (χ3n) is 5.27. The van der Waals surface area contributed by atoms with E-state index in [1.54, 1.807) is 19.5 Å². The van der Waals surface area contributed by atoms with Crippen LogP contribution in [0.3, 0.4) is 0 Å². The normalized spacial score (nSPS) is 17.2. The van der Waals surface area contributed by atoms with Crippen LogP contribution in [0.5, 0.6) is 0 Å². The molecule has 2 N–H and O–H groups in total. The Kier molecular flexibility index (Phi) is 5.06. The Bertz CT molecular complexity index is 1200. The van der Waals surface area contributed by atoms with E-state index in [-0.39, 0.29) is 0 Å². The van der Waals surface area contributed by atoms with E-state index >= 15 is 0 Å². The maximum Gasteiger partial charge on any atom is 0.165 e. The van der Waals surface area contributed by atoms with Crippen molar-refractivity contribution in [2.24, 2.45) is 4.99 Å². The summed E-state index contributed by atoms with van der Waals surface area (Å²) >= 11 is 1.44. The van der Waals surface area contributed by atoms with Gasteiger partial charge in [-0.3, -0.25) is 4.99 Å². The van der Waals surface area contributed by atoms with Gasteiger partial charge in [0.2, 0.25) is 0 Å². The zero-order chi connectivity index (χ0) is 20.5. The first-order valence-electron chi connectivity index (χ1n) is 10.0. The molecule has 1 aliphatic rings. The summed E-state index contributed by atoms with van der Waals surface area (Å²) in [5.41, 5.74) is 4.74. The summed E-state index contributed by atoms with van der Waals surface area (Å²) in [5, 5.41) is 12.6. The zero-order valence-electron chi connectivity index (χ0n) is 16.9. The number of nitrogens with one attached hydrogen (secondary N) is 2. The number of fused-ring (bicyclic) bond motifs is 1. The molecule has 1 saturated heterocycles. The number of aryl methyl sites for hydroxylation is 1. The van der Waals surface area contributed by atoms with Gasteiger partial charge < -0.3 is 15.1 Å². The fourth-order valence-corrected chi connectivity index (χ4v) is 4.49. The Morgan fingerprint density at radius 2 is 2.30 bits per heavy atom. The molecule has 4 aromatic heterocycles. The first kappa shape index (κ1) is 19.0. The van der Waals surface area contributed by atoms with Crippen molar-refractivity contribution in [3.05, 3.63) is 47.8 Å².